The number of carbonyl (C=O) groups is 2. The Morgan fingerprint density at radius 2 is 1.66 bits per heavy atom. The SMILES string of the molecule is Cn1nc(C(F)(F)F)c(-c2ccc(F)cc2)c1NC(=O)c1nccnc1C(=O)O. The molecule has 0 aliphatic rings. The molecule has 3 aromatic rings. The van der Waals surface area contributed by atoms with E-state index in [1.54, 1.807) is 0 Å². The average molecular weight is 409 g/mol. The number of hydrogen-bond acceptors (Lipinski definition) is 5. The summed E-state index contributed by atoms with van der Waals surface area (Å²) >= 11 is 0. The van der Waals surface area contributed by atoms with Gasteiger partial charge in [0, 0.05) is 19.4 Å². The molecule has 2 aromatic heterocycles. The van der Waals surface area contributed by atoms with Gasteiger partial charge < -0.3 is 10.4 Å². The number of hydrogen-bond donors (Lipinski definition) is 2. The molecule has 0 aliphatic heterocycles. The third-order valence-corrected chi connectivity index (χ3v) is 3.80. The van der Waals surface area contributed by atoms with Crippen LogP contribution < -0.4 is 5.32 Å². The summed E-state index contributed by atoms with van der Waals surface area (Å²) in [7, 11) is 1.16. The summed E-state index contributed by atoms with van der Waals surface area (Å²) in [6.07, 6.45) is -2.76. The van der Waals surface area contributed by atoms with E-state index in [1.165, 1.54) is 0 Å². The minimum Gasteiger partial charge on any atom is -0.476 e. The van der Waals surface area contributed by atoms with Crippen LogP contribution >= 0.6 is 0 Å². The zero-order valence-electron chi connectivity index (χ0n) is 14.5. The monoisotopic (exact) mass is 409 g/mol. The zero-order chi connectivity index (χ0) is 21.3. The maximum absolute atomic E-state index is 13.5. The molecule has 0 radical (unpaired) electrons. The molecule has 29 heavy (non-hydrogen) atoms. The number of alkyl halides is 3. The van der Waals surface area contributed by atoms with Crippen molar-refractivity contribution in [2.75, 3.05) is 5.32 Å². The highest BCUT2D eigenvalue weighted by Gasteiger charge is 2.40. The minimum atomic E-state index is -4.87. The average Bonchev–Trinajstić information content (AvgIpc) is 2.99. The second-order valence-corrected chi connectivity index (χ2v) is 5.71. The van der Waals surface area contributed by atoms with E-state index in [1.807, 2.05) is 0 Å². The summed E-state index contributed by atoms with van der Waals surface area (Å²) in [6, 6.07) is 4.11. The molecule has 0 aliphatic carbocycles. The van der Waals surface area contributed by atoms with Crippen LogP contribution in [0, 0.1) is 5.82 Å². The second kappa shape index (κ2) is 7.30. The van der Waals surface area contributed by atoms with Gasteiger partial charge in [-0.3, -0.25) is 9.48 Å². The van der Waals surface area contributed by atoms with E-state index in [9.17, 15) is 27.2 Å². The fourth-order valence-electron chi connectivity index (χ4n) is 2.58. The van der Waals surface area contributed by atoms with Crippen LogP contribution in [0.1, 0.15) is 26.7 Å². The maximum atomic E-state index is 13.5. The molecule has 12 heteroatoms. The van der Waals surface area contributed by atoms with Crippen LogP contribution in [0.3, 0.4) is 0 Å². The predicted octanol–water partition coefficient (Wildman–Crippen LogP) is 2.99. The van der Waals surface area contributed by atoms with Gasteiger partial charge in [-0.2, -0.15) is 18.3 Å². The Hall–Kier alpha value is -3.83. The molecule has 0 saturated carbocycles. The zero-order valence-corrected chi connectivity index (χ0v) is 14.5. The van der Waals surface area contributed by atoms with Crippen molar-refractivity contribution in [2.24, 2.45) is 7.05 Å². The van der Waals surface area contributed by atoms with E-state index in [2.05, 4.69) is 20.4 Å². The number of rotatable bonds is 4. The molecule has 0 bridgehead atoms. The number of anilines is 1. The van der Waals surface area contributed by atoms with Gasteiger partial charge in [0.15, 0.2) is 17.1 Å². The van der Waals surface area contributed by atoms with Gasteiger partial charge in [0.05, 0.1) is 5.56 Å². The molecule has 0 saturated heterocycles. The van der Waals surface area contributed by atoms with Crippen molar-refractivity contribution in [3.8, 4) is 11.1 Å². The topological polar surface area (TPSA) is 110 Å². The maximum Gasteiger partial charge on any atom is 0.435 e. The summed E-state index contributed by atoms with van der Waals surface area (Å²) in [4.78, 5) is 30.9. The Morgan fingerprint density at radius 3 is 2.21 bits per heavy atom. The van der Waals surface area contributed by atoms with Gasteiger partial charge in [0.2, 0.25) is 0 Å². The highest BCUT2D eigenvalue weighted by Crippen LogP contribution is 2.40. The van der Waals surface area contributed by atoms with Crippen molar-refractivity contribution in [3.63, 3.8) is 0 Å². The van der Waals surface area contributed by atoms with Crippen molar-refractivity contribution in [3.05, 3.63) is 59.6 Å². The molecule has 0 unspecified atom stereocenters. The molecule has 0 atom stereocenters. The van der Waals surface area contributed by atoms with Gasteiger partial charge in [-0.1, -0.05) is 12.1 Å². The van der Waals surface area contributed by atoms with Crippen molar-refractivity contribution >= 4 is 17.7 Å². The lowest BCUT2D eigenvalue weighted by molar-refractivity contribution is -0.140. The van der Waals surface area contributed by atoms with Crippen molar-refractivity contribution in [2.45, 2.75) is 6.18 Å². The van der Waals surface area contributed by atoms with Crippen LogP contribution in [-0.2, 0) is 13.2 Å². The molecular weight excluding hydrogens is 398 g/mol. The van der Waals surface area contributed by atoms with E-state index in [0.29, 0.717) is 0 Å². The van der Waals surface area contributed by atoms with Crippen LogP contribution in [-0.4, -0.2) is 36.7 Å². The fraction of sp³-hybridized carbons (Fsp3) is 0.118. The molecule has 1 aromatic carbocycles. The number of carboxylic acid groups (broad SMARTS) is 1. The second-order valence-electron chi connectivity index (χ2n) is 5.71. The summed E-state index contributed by atoms with van der Waals surface area (Å²) in [5, 5.41) is 14.7. The highest BCUT2D eigenvalue weighted by molar-refractivity contribution is 6.09. The van der Waals surface area contributed by atoms with Crippen LogP contribution in [0.25, 0.3) is 11.1 Å². The lowest BCUT2D eigenvalue weighted by Gasteiger charge is -2.11. The highest BCUT2D eigenvalue weighted by atomic mass is 19.4. The molecular formula is C17H11F4N5O3. The first-order chi connectivity index (χ1) is 13.6. The number of amides is 1. The molecule has 0 spiro atoms. The molecule has 2 heterocycles. The van der Waals surface area contributed by atoms with E-state index in [4.69, 9.17) is 5.11 Å². The summed E-state index contributed by atoms with van der Waals surface area (Å²) in [5.74, 6) is -3.68. The molecule has 150 valence electrons. The number of nitrogens with one attached hydrogen (secondary N) is 1. The van der Waals surface area contributed by atoms with Gasteiger partial charge in [0.25, 0.3) is 5.91 Å². The molecule has 2 N–H and O–H groups in total. The summed E-state index contributed by atoms with van der Waals surface area (Å²) < 4.78 is 54.4. The van der Waals surface area contributed by atoms with Crippen LogP contribution in [0.4, 0.5) is 23.4 Å². The van der Waals surface area contributed by atoms with E-state index >= 15 is 0 Å². The third kappa shape index (κ3) is 3.90. The van der Waals surface area contributed by atoms with Gasteiger partial charge in [-0.25, -0.2) is 19.2 Å². The van der Waals surface area contributed by atoms with Crippen molar-refractivity contribution < 1.29 is 32.3 Å². The van der Waals surface area contributed by atoms with Crippen molar-refractivity contribution in [1.82, 2.24) is 19.7 Å². The Balaban J connectivity index is 2.13. The smallest absolute Gasteiger partial charge is 0.435 e. The van der Waals surface area contributed by atoms with Crippen LogP contribution in [0.2, 0.25) is 0 Å². The Labute approximate surface area is 159 Å². The Morgan fingerprint density at radius 1 is 1.07 bits per heavy atom. The largest absolute Gasteiger partial charge is 0.476 e. The van der Waals surface area contributed by atoms with Gasteiger partial charge >= 0.3 is 12.1 Å². The molecule has 8 nitrogen and oxygen atoms in total. The van der Waals surface area contributed by atoms with Gasteiger partial charge in [-0.15, -0.1) is 0 Å². The number of halogens is 4. The van der Waals surface area contributed by atoms with Crippen LogP contribution in [0.15, 0.2) is 36.7 Å². The van der Waals surface area contributed by atoms with Gasteiger partial charge in [0.1, 0.15) is 11.6 Å². The number of carboxylic acids is 1. The normalized spacial score (nSPS) is 11.3. The quantitative estimate of drug-likeness (QED) is 0.641. The first-order valence-electron chi connectivity index (χ1n) is 7.85. The Kier molecular flexibility index (Phi) is 5.01. The molecule has 3 rings (SSSR count). The summed E-state index contributed by atoms with van der Waals surface area (Å²) in [6.45, 7) is 0. The first kappa shape index (κ1) is 19.9. The predicted molar refractivity (Wildman–Crippen MR) is 90.5 cm³/mol. The molecule has 0 fully saturated rings. The van der Waals surface area contributed by atoms with Crippen LogP contribution in [0.5, 0.6) is 0 Å². The van der Waals surface area contributed by atoms with E-state index in [-0.39, 0.29) is 11.4 Å². The first-order valence-corrected chi connectivity index (χ1v) is 7.85. The standard InChI is InChI=1S/C17H11F4N5O3/c1-26-14(24-15(27)11-12(16(28)29)23-7-6-22-11)10(13(25-26)17(19,20)21)8-2-4-9(18)5-3-8/h2-7H,1H3,(H,24,27)(H,28,29). The number of benzene rings is 1. The van der Waals surface area contributed by atoms with Gasteiger partial charge in [-0.05, 0) is 17.7 Å². The van der Waals surface area contributed by atoms with E-state index < -0.39 is 46.5 Å². The third-order valence-electron chi connectivity index (χ3n) is 3.80. The number of nitrogens with zero attached hydrogens (tertiary/aromatic N) is 4. The van der Waals surface area contributed by atoms with Crippen molar-refractivity contribution in [1.29, 1.82) is 0 Å². The fourth-order valence-corrected chi connectivity index (χ4v) is 2.58. The summed E-state index contributed by atoms with van der Waals surface area (Å²) in [5.41, 5.74) is -3.14. The number of aromatic nitrogens is 4. The number of carbonyl (C=O) groups excluding carboxylic acids is 1. The van der Waals surface area contributed by atoms with E-state index in [0.717, 1.165) is 48.4 Å². The number of aryl methyl sites for hydroxylation is 1. The molecule has 1 amide bonds. The Bertz CT molecular complexity index is 1090. The number of aromatic carboxylic acids is 1. The lowest BCUT2D eigenvalue weighted by atomic mass is 10.0. The lowest BCUT2D eigenvalue weighted by Crippen LogP contribution is -2.21. The minimum absolute atomic E-state index is 0.0558.